The molecule has 3 aromatic carbocycles. The maximum absolute atomic E-state index is 13.4. The Kier molecular flexibility index (Phi) is 5.68. The molecule has 2 heterocycles. The van der Waals surface area contributed by atoms with Crippen molar-refractivity contribution >= 4 is 34.2 Å². The minimum absolute atomic E-state index is 0.0536. The number of benzene rings is 3. The maximum Gasteiger partial charge on any atom is 0.200 e. The van der Waals surface area contributed by atoms with Gasteiger partial charge in [-0.2, -0.15) is 0 Å². The Hall–Kier alpha value is -2.79. The van der Waals surface area contributed by atoms with Gasteiger partial charge in [0.25, 0.3) is 0 Å². The molecule has 0 saturated heterocycles. The van der Waals surface area contributed by atoms with Crippen LogP contribution in [0.2, 0.25) is 10.0 Å². The van der Waals surface area contributed by atoms with E-state index in [4.69, 9.17) is 32.4 Å². The van der Waals surface area contributed by atoms with Crippen molar-refractivity contribution in [1.29, 1.82) is 0 Å². The second-order valence-corrected chi connectivity index (χ2v) is 8.80. The Bertz CT molecular complexity index is 1360. The lowest BCUT2D eigenvalue weighted by Crippen LogP contribution is -2.34. The van der Waals surface area contributed by atoms with E-state index in [1.165, 1.54) is 0 Å². The Morgan fingerprint density at radius 1 is 1.00 bits per heavy atom. The number of hydrogen-bond donors (Lipinski definition) is 0. The highest BCUT2D eigenvalue weighted by atomic mass is 35.5. The van der Waals surface area contributed by atoms with Crippen molar-refractivity contribution in [3.8, 4) is 16.9 Å². The highest BCUT2D eigenvalue weighted by Crippen LogP contribution is 2.34. The fourth-order valence-corrected chi connectivity index (χ4v) is 4.55. The van der Waals surface area contributed by atoms with E-state index in [1.807, 2.05) is 49.4 Å². The van der Waals surface area contributed by atoms with Gasteiger partial charge >= 0.3 is 0 Å². The number of nitrogens with zero attached hydrogens (tertiary/aromatic N) is 1. The number of hydrogen-bond acceptors (Lipinski definition) is 4. The molecule has 0 amide bonds. The van der Waals surface area contributed by atoms with Crippen molar-refractivity contribution in [3.05, 3.63) is 97.8 Å². The van der Waals surface area contributed by atoms with Gasteiger partial charge in [-0.1, -0.05) is 53.5 Å². The van der Waals surface area contributed by atoms with Gasteiger partial charge in [-0.15, -0.1) is 0 Å². The van der Waals surface area contributed by atoms with Gasteiger partial charge in [0.05, 0.1) is 16.5 Å². The summed E-state index contributed by atoms with van der Waals surface area (Å²) in [4.78, 5) is 15.6. The van der Waals surface area contributed by atoms with Gasteiger partial charge in [0.15, 0.2) is 0 Å². The first-order valence-corrected chi connectivity index (χ1v) is 11.2. The molecule has 1 aromatic heterocycles. The average Bonchev–Trinajstić information content (AvgIpc) is 2.79. The van der Waals surface area contributed by atoms with Gasteiger partial charge < -0.3 is 9.15 Å². The van der Waals surface area contributed by atoms with Gasteiger partial charge in [0.2, 0.25) is 5.43 Å². The molecular weight excluding hydrogens is 445 g/mol. The highest BCUT2D eigenvalue weighted by Gasteiger charge is 2.24. The van der Waals surface area contributed by atoms with Crippen LogP contribution >= 0.6 is 23.2 Å². The molecule has 0 unspecified atom stereocenters. The van der Waals surface area contributed by atoms with Gasteiger partial charge in [-0.3, -0.25) is 9.69 Å². The van der Waals surface area contributed by atoms with Crippen LogP contribution in [0, 0.1) is 6.92 Å². The number of fused-ring (bicyclic) bond motifs is 3. The molecule has 4 nitrogen and oxygen atoms in total. The van der Waals surface area contributed by atoms with Crippen molar-refractivity contribution in [2.24, 2.45) is 0 Å². The number of halogens is 2. The maximum atomic E-state index is 13.4. The molecule has 5 rings (SSSR count). The zero-order valence-electron chi connectivity index (χ0n) is 17.5. The zero-order chi connectivity index (χ0) is 22.2. The predicted octanol–water partition coefficient (Wildman–Crippen LogP) is 6.47. The number of rotatable bonds is 4. The summed E-state index contributed by atoms with van der Waals surface area (Å²) >= 11 is 12.3. The zero-order valence-corrected chi connectivity index (χ0v) is 19.0. The monoisotopic (exact) mass is 465 g/mol. The molecule has 0 saturated carbocycles. The smallest absolute Gasteiger partial charge is 0.200 e. The van der Waals surface area contributed by atoms with Gasteiger partial charge in [-0.05, 0) is 54.8 Å². The van der Waals surface area contributed by atoms with E-state index < -0.39 is 0 Å². The van der Waals surface area contributed by atoms with E-state index in [-0.39, 0.29) is 5.43 Å². The molecule has 4 aromatic rings. The molecule has 1 aliphatic rings. The van der Waals surface area contributed by atoms with Crippen molar-refractivity contribution in [3.63, 3.8) is 0 Å². The third kappa shape index (κ3) is 3.90. The van der Waals surface area contributed by atoms with Crippen molar-refractivity contribution in [2.45, 2.75) is 19.9 Å². The summed E-state index contributed by atoms with van der Waals surface area (Å²) in [5, 5.41) is 1.95. The minimum atomic E-state index is -0.0536. The molecule has 0 N–H and O–H groups in total. The largest absolute Gasteiger partial charge is 0.478 e. The van der Waals surface area contributed by atoms with Crippen LogP contribution in [0.1, 0.15) is 16.9 Å². The first-order valence-electron chi connectivity index (χ1n) is 10.4. The Morgan fingerprint density at radius 3 is 2.56 bits per heavy atom. The molecule has 1 aliphatic heterocycles. The third-order valence-electron chi connectivity index (χ3n) is 5.87. The average molecular weight is 466 g/mol. The lowest BCUT2D eigenvalue weighted by Gasteiger charge is -2.29. The summed E-state index contributed by atoms with van der Waals surface area (Å²) in [5.41, 5.74) is 3.88. The van der Waals surface area contributed by atoms with Crippen LogP contribution in [0.15, 0.2) is 69.9 Å². The topological polar surface area (TPSA) is 42.7 Å². The molecule has 0 atom stereocenters. The van der Waals surface area contributed by atoms with E-state index in [0.717, 1.165) is 40.4 Å². The van der Waals surface area contributed by atoms with Crippen LogP contribution in [0.5, 0.6) is 5.75 Å². The second-order valence-electron chi connectivity index (χ2n) is 7.96. The summed E-state index contributed by atoms with van der Waals surface area (Å²) in [7, 11) is 0. The van der Waals surface area contributed by atoms with Gasteiger partial charge in [0.1, 0.15) is 23.8 Å². The van der Waals surface area contributed by atoms with Crippen LogP contribution in [-0.4, -0.2) is 18.2 Å². The van der Waals surface area contributed by atoms with E-state index in [2.05, 4.69) is 4.90 Å². The number of ether oxygens (including phenoxy) is 1. The summed E-state index contributed by atoms with van der Waals surface area (Å²) in [6.45, 7) is 3.73. The summed E-state index contributed by atoms with van der Waals surface area (Å²) in [6, 6.07) is 18.7. The molecule has 0 radical (unpaired) electrons. The van der Waals surface area contributed by atoms with Gasteiger partial charge in [-0.25, -0.2) is 0 Å². The van der Waals surface area contributed by atoms with E-state index in [1.54, 1.807) is 18.2 Å². The first-order chi connectivity index (χ1) is 15.5. The molecule has 32 heavy (non-hydrogen) atoms. The predicted molar refractivity (Wildman–Crippen MR) is 129 cm³/mol. The third-order valence-corrected chi connectivity index (χ3v) is 6.49. The van der Waals surface area contributed by atoms with Gasteiger partial charge in [0, 0.05) is 23.1 Å². The minimum Gasteiger partial charge on any atom is -0.478 e. The van der Waals surface area contributed by atoms with Crippen molar-refractivity contribution in [2.75, 3.05) is 13.3 Å². The fraction of sp³-hybridized carbons (Fsp3) is 0.192. The molecule has 0 spiro atoms. The van der Waals surface area contributed by atoms with E-state index >= 15 is 0 Å². The van der Waals surface area contributed by atoms with Crippen LogP contribution in [0.3, 0.4) is 0 Å². The van der Waals surface area contributed by atoms with E-state index in [9.17, 15) is 4.79 Å². The summed E-state index contributed by atoms with van der Waals surface area (Å²) < 4.78 is 12.2. The Morgan fingerprint density at radius 2 is 1.78 bits per heavy atom. The quantitative estimate of drug-likeness (QED) is 0.346. The Balaban J connectivity index is 1.49. The normalized spacial score (nSPS) is 13.7. The lowest BCUT2D eigenvalue weighted by molar-refractivity contribution is 0.0968. The molecule has 0 fully saturated rings. The number of aryl methyl sites for hydroxylation is 1. The SMILES string of the molecule is Cc1oc2c3c(ccc2c(=O)c1-c1ccc(Cl)cc1)OCN(CCc1ccccc1Cl)C3. The Labute approximate surface area is 195 Å². The molecule has 0 aliphatic carbocycles. The van der Waals surface area contributed by atoms with Crippen LogP contribution in [-0.2, 0) is 13.0 Å². The molecular formula is C26H21Cl2NO3. The van der Waals surface area contributed by atoms with Crippen LogP contribution < -0.4 is 10.2 Å². The lowest BCUT2D eigenvalue weighted by atomic mass is 10.0. The molecule has 0 bridgehead atoms. The standard InChI is InChI=1S/C26H21Cl2NO3/c1-16-24(18-6-8-19(27)9-7-18)25(30)20-10-11-23-21(26(20)32-16)14-29(15-31-23)13-12-17-4-2-3-5-22(17)28/h2-11H,12-15H2,1H3. The summed E-state index contributed by atoms with van der Waals surface area (Å²) in [5.74, 6) is 1.33. The molecule has 162 valence electrons. The highest BCUT2D eigenvalue weighted by molar-refractivity contribution is 6.31. The first kappa shape index (κ1) is 21.1. The fourth-order valence-electron chi connectivity index (χ4n) is 4.19. The van der Waals surface area contributed by atoms with Crippen molar-refractivity contribution < 1.29 is 9.15 Å². The second kappa shape index (κ2) is 8.62. The van der Waals surface area contributed by atoms with Crippen LogP contribution in [0.25, 0.3) is 22.1 Å². The molecule has 6 heteroatoms. The summed E-state index contributed by atoms with van der Waals surface area (Å²) in [6.07, 6.45) is 0.812. The van der Waals surface area contributed by atoms with E-state index in [0.29, 0.717) is 40.6 Å². The van der Waals surface area contributed by atoms with Crippen molar-refractivity contribution in [1.82, 2.24) is 4.90 Å². The van der Waals surface area contributed by atoms with Crippen LogP contribution in [0.4, 0.5) is 0 Å².